The second-order valence-electron chi connectivity index (χ2n) is 18.4. The fourth-order valence-electron chi connectivity index (χ4n) is 14.0. The monoisotopic (exact) mass is 620 g/mol. The van der Waals surface area contributed by atoms with E-state index in [4.69, 9.17) is 18.9 Å². The number of hydrogen-bond acceptors (Lipinski definition) is 9. The van der Waals surface area contributed by atoms with Crippen LogP contribution in [0.2, 0.25) is 0 Å². The quantitative estimate of drug-likeness (QED) is 0.301. The zero-order valence-electron chi connectivity index (χ0n) is 27.7. The van der Waals surface area contributed by atoms with Gasteiger partial charge in [-0.15, -0.1) is 0 Å². The van der Waals surface area contributed by atoms with Crippen LogP contribution in [0.4, 0.5) is 0 Å². The Balaban J connectivity index is 1.10. The predicted octanol–water partition coefficient (Wildman–Crippen LogP) is 3.12. The molecular weight excluding hydrogens is 564 g/mol. The second kappa shape index (κ2) is 9.00. The van der Waals surface area contributed by atoms with Crippen molar-refractivity contribution in [2.24, 2.45) is 50.7 Å². The third kappa shape index (κ3) is 3.53. The molecule has 17 atom stereocenters. The average molecular weight is 621 g/mol. The molecule has 8 aliphatic rings. The predicted molar refractivity (Wildman–Crippen MR) is 159 cm³/mol. The number of aliphatic hydroxyl groups is 5. The van der Waals surface area contributed by atoms with Gasteiger partial charge in [0.15, 0.2) is 12.1 Å². The van der Waals surface area contributed by atoms with Gasteiger partial charge in [-0.25, -0.2) is 0 Å². The van der Waals surface area contributed by atoms with Crippen LogP contribution in [0.15, 0.2) is 0 Å². The summed E-state index contributed by atoms with van der Waals surface area (Å²) in [6, 6.07) is 0. The molecule has 3 saturated heterocycles. The fourth-order valence-corrected chi connectivity index (χ4v) is 14.0. The van der Waals surface area contributed by atoms with E-state index in [1.807, 2.05) is 13.8 Å². The molecule has 8 fully saturated rings. The summed E-state index contributed by atoms with van der Waals surface area (Å²) in [5, 5.41) is 54.2. The van der Waals surface area contributed by atoms with Crippen LogP contribution >= 0.6 is 0 Å². The van der Waals surface area contributed by atoms with Gasteiger partial charge in [0, 0.05) is 12.3 Å². The minimum absolute atomic E-state index is 0.0465. The summed E-state index contributed by atoms with van der Waals surface area (Å²) in [6.07, 6.45) is 1.70. The highest BCUT2D eigenvalue weighted by Gasteiger charge is 2.87. The third-order valence-corrected chi connectivity index (χ3v) is 15.7. The minimum Gasteiger partial charge on any atom is -0.393 e. The van der Waals surface area contributed by atoms with Gasteiger partial charge in [0.25, 0.3) is 0 Å². The van der Waals surface area contributed by atoms with Gasteiger partial charge in [-0.2, -0.15) is 0 Å². The highest BCUT2D eigenvalue weighted by atomic mass is 16.8. The Morgan fingerprint density at radius 2 is 1.52 bits per heavy atom. The molecule has 9 heteroatoms. The van der Waals surface area contributed by atoms with Gasteiger partial charge in [-0.3, -0.25) is 0 Å². The molecule has 3 spiro atoms. The third-order valence-electron chi connectivity index (χ3n) is 15.7. The van der Waals surface area contributed by atoms with E-state index in [9.17, 15) is 25.5 Å². The number of ether oxygens (including phenoxy) is 4. The molecule has 0 amide bonds. The smallest absolute Gasteiger partial charge is 0.186 e. The van der Waals surface area contributed by atoms with E-state index >= 15 is 0 Å². The Labute approximate surface area is 262 Å². The van der Waals surface area contributed by atoms with E-state index < -0.39 is 42.1 Å². The summed E-state index contributed by atoms with van der Waals surface area (Å²) in [7, 11) is 0. The molecule has 3 heterocycles. The summed E-state index contributed by atoms with van der Waals surface area (Å²) in [6.45, 7) is 15.4. The van der Waals surface area contributed by atoms with Crippen molar-refractivity contribution in [3.05, 3.63) is 0 Å². The molecule has 0 aromatic carbocycles. The van der Waals surface area contributed by atoms with Crippen molar-refractivity contribution < 1.29 is 44.5 Å². The summed E-state index contributed by atoms with van der Waals surface area (Å²) in [5.41, 5.74) is -1.28. The van der Waals surface area contributed by atoms with Crippen LogP contribution in [0.25, 0.3) is 0 Å². The molecule has 8 rings (SSSR count). The first-order valence-electron chi connectivity index (χ1n) is 17.4. The SMILES string of the molecule is C[C@@H]1C[C@H]2O[C@]3(C[C@@]4(C)C5[C@@H](O)C[C@H]6C(C)(C)C(O[C@H]7OC[C@@H](O)[C@@H](O)[C@H]7O)CC[C@@]67C[C@@]57CC[C@]4(C)[C@@H]13)OC2C(C)(C)O. The molecular formula is C35H56O9. The largest absolute Gasteiger partial charge is 0.393 e. The maximum absolute atomic E-state index is 12.4. The highest BCUT2D eigenvalue weighted by molar-refractivity contribution is 5.34. The molecule has 0 aromatic rings. The number of rotatable bonds is 3. The van der Waals surface area contributed by atoms with Crippen LogP contribution < -0.4 is 0 Å². The van der Waals surface area contributed by atoms with Gasteiger partial charge >= 0.3 is 0 Å². The molecule has 0 radical (unpaired) electrons. The zero-order valence-corrected chi connectivity index (χ0v) is 27.7. The first-order chi connectivity index (χ1) is 20.4. The minimum atomic E-state index is -1.31. The standard InChI is InChI=1S/C35H56O9/c1-17-12-20-27(30(4,5)40)44-35(43-20)15-32(7)26-18(36)13-21-29(2,3)22(42-28-24(39)23(38)19(37)14-41-28)8-9-33(21)16-34(26,33)11-10-31(32,6)25(17)35/h17-28,36-40H,8-16H2,1-7H3/t17-,18+,19-,20-,21+,22?,23-,24-,25-,26?,27?,28-,31-,32+,33-,34+,35-/m1/s1. The van der Waals surface area contributed by atoms with Crippen LogP contribution in [0.3, 0.4) is 0 Å². The molecule has 5 N–H and O–H groups in total. The Kier molecular flexibility index (Phi) is 6.33. The van der Waals surface area contributed by atoms with Crippen molar-refractivity contribution in [2.75, 3.05) is 6.61 Å². The lowest BCUT2D eigenvalue weighted by atomic mass is 9.41. The van der Waals surface area contributed by atoms with E-state index in [1.165, 1.54) is 0 Å². The topological polar surface area (TPSA) is 138 Å². The average Bonchev–Trinajstić information content (AvgIpc) is 3.38. The molecule has 3 aliphatic heterocycles. The van der Waals surface area contributed by atoms with Crippen LogP contribution in [0.1, 0.15) is 99.8 Å². The van der Waals surface area contributed by atoms with Gasteiger partial charge in [0.1, 0.15) is 24.4 Å². The number of aliphatic hydroxyl groups excluding tert-OH is 4. The second-order valence-corrected chi connectivity index (χ2v) is 18.4. The van der Waals surface area contributed by atoms with Gasteiger partial charge < -0.3 is 44.5 Å². The number of fused-ring (bicyclic) bond motifs is 4. The summed E-state index contributed by atoms with van der Waals surface area (Å²) < 4.78 is 25.9. The van der Waals surface area contributed by atoms with Crippen LogP contribution in [-0.4, -0.2) is 92.5 Å². The summed E-state index contributed by atoms with van der Waals surface area (Å²) in [5.74, 6) is 0.319. The van der Waals surface area contributed by atoms with Gasteiger partial charge in [-0.1, -0.05) is 34.6 Å². The van der Waals surface area contributed by atoms with E-state index in [0.717, 1.165) is 44.9 Å². The zero-order chi connectivity index (χ0) is 31.6. The maximum atomic E-state index is 12.4. The van der Waals surface area contributed by atoms with Crippen LogP contribution in [0.5, 0.6) is 0 Å². The lowest BCUT2D eigenvalue weighted by Crippen LogP contribution is -2.63. The maximum Gasteiger partial charge on any atom is 0.186 e. The number of hydrogen-bond donors (Lipinski definition) is 5. The normalized spacial score (nSPS) is 62.2. The fraction of sp³-hybridized carbons (Fsp3) is 1.00. The Morgan fingerprint density at radius 1 is 0.795 bits per heavy atom. The molecule has 44 heavy (non-hydrogen) atoms. The summed E-state index contributed by atoms with van der Waals surface area (Å²) >= 11 is 0. The Bertz CT molecular complexity index is 1200. The van der Waals surface area contributed by atoms with Crippen molar-refractivity contribution in [3.8, 4) is 0 Å². The highest BCUT2D eigenvalue weighted by Crippen LogP contribution is 2.90. The lowest BCUT2D eigenvalue weighted by Gasteiger charge is -2.64. The van der Waals surface area contributed by atoms with Crippen molar-refractivity contribution in [3.63, 3.8) is 0 Å². The van der Waals surface area contributed by atoms with Crippen LogP contribution in [-0.2, 0) is 18.9 Å². The lowest BCUT2D eigenvalue weighted by molar-refractivity contribution is -0.304. The van der Waals surface area contributed by atoms with E-state index in [2.05, 4.69) is 34.6 Å². The molecule has 5 saturated carbocycles. The van der Waals surface area contributed by atoms with Gasteiger partial charge in [0.2, 0.25) is 0 Å². The van der Waals surface area contributed by atoms with E-state index in [1.54, 1.807) is 0 Å². The molecule has 250 valence electrons. The van der Waals surface area contributed by atoms with Gasteiger partial charge in [0.05, 0.1) is 30.5 Å². The molecule has 3 unspecified atom stereocenters. The van der Waals surface area contributed by atoms with Crippen molar-refractivity contribution in [2.45, 2.75) is 160 Å². The summed E-state index contributed by atoms with van der Waals surface area (Å²) in [4.78, 5) is 0. The first-order valence-corrected chi connectivity index (χ1v) is 17.4. The molecule has 5 aliphatic carbocycles. The van der Waals surface area contributed by atoms with Crippen molar-refractivity contribution in [1.29, 1.82) is 0 Å². The molecule has 0 aromatic heterocycles. The first kappa shape index (κ1) is 30.9. The Hall–Kier alpha value is -0.360. The van der Waals surface area contributed by atoms with E-state index in [-0.39, 0.29) is 69.7 Å². The van der Waals surface area contributed by atoms with E-state index in [0.29, 0.717) is 12.3 Å². The Morgan fingerprint density at radius 3 is 2.23 bits per heavy atom. The molecule has 2 bridgehead atoms. The van der Waals surface area contributed by atoms with Crippen LogP contribution in [0, 0.1) is 50.7 Å². The van der Waals surface area contributed by atoms with Crippen molar-refractivity contribution >= 4 is 0 Å². The molecule has 9 nitrogen and oxygen atoms in total. The van der Waals surface area contributed by atoms with Gasteiger partial charge in [-0.05, 0) is 104 Å². The van der Waals surface area contributed by atoms with Crippen molar-refractivity contribution in [1.82, 2.24) is 0 Å².